The number of fused-ring (bicyclic) bond motifs is 3. The van der Waals surface area contributed by atoms with Gasteiger partial charge in [-0.25, -0.2) is 0 Å². The minimum atomic E-state index is -0.223. The molecule has 7 nitrogen and oxygen atoms in total. The molecule has 4 aromatic rings. The van der Waals surface area contributed by atoms with Crippen molar-refractivity contribution in [3.05, 3.63) is 112 Å². The smallest absolute Gasteiger partial charge is 0.265 e. The third-order valence-corrected chi connectivity index (χ3v) is 6.61. The van der Waals surface area contributed by atoms with E-state index >= 15 is 0 Å². The van der Waals surface area contributed by atoms with Crippen molar-refractivity contribution in [3.63, 3.8) is 0 Å². The zero-order chi connectivity index (χ0) is 24.8. The van der Waals surface area contributed by atoms with Gasteiger partial charge in [0.05, 0.1) is 23.4 Å². The summed E-state index contributed by atoms with van der Waals surface area (Å²) < 4.78 is 3.34. The van der Waals surface area contributed by atoms with E-state index in [1.54, 1.807) is 0 Å². The average molecular weight is 473 g/mol. The summed E-state index contributed by atoms with van der Waals surface area (Å²) in [4.78, 5) is 22.4. The minimum absolute atomic E-state index is 0.223. The predicted molar refractivity (Wildman–Crippen MR) is 141 cm³/mol. The molecule has 2 aromatic heterocycles. The van der Waals surface area contributed by atoms with Gasteiger partial charge in [0.2, 0.25) is 0 Å². The van der Waals surface area contributed by atoms with Crippen LogP contribution in [0.3, 0.4) is 0 Å². The highest BCUT2D eigenvalue weighted by Gasteiger charge is 2.23. The number of pyridine rings is 2. The summed E-state index contributed by atoms with van der Waals surface area (Å²) in [7, 11) is 0. The lowest BCUT2D eigenvalue weighted by Gasteiger charge is -2.12. The molecule has 2 aromatic carbocycles. The molecule has 0 radical (unpaired) electrons. The number of benzene rings is 2. The van der Waals surface area contributed by atoms with Crippen LogP contribution < -0.4 is 5.56 Å². The van der Waals surface area contributed by atoms with Gasteiger partial charge < -0.3 is 0 Å². The van der Waals surface area contributed by atoms with Gasteiger partial charge in [-0.1, -0.05) is 36.4 Å². The first kappa shape index (κ1) is 21.9. The standard InChI is InChI=1S/C29H24N6O/c1-18-13-22(16-30-14-18)24-12-11-21(15-31-24)17-34-26-9-5-4-8-23(26)27-28(32-34)29(36)35(33-27)25-10-6-7-19(2)20(25)3/h4-16H,17H2,1-3H3. The molecular weight excluding hydrogens is 448 g/mol. The molecule has 6 rings (SSSR count). The Balaban J connectivity index is 1.45. The molecule has 0 amide bonds. The molecule has 0 saturated heterocycles. The molecule has 4 heterocycles. The van der Waals surface area contributed by atoms with Crippen LogP contribution in [0.4, 0.5) is 0 Å². The highest BCUT2D eigenvalue weighted by Crippen LogP contribution is 2.27. The SMILES string of the molecule is Cc1cncc(-c2ccc(Cn3nc4c(=O)n(-c5cccc(C)c5C)nc-4c4ccccc43)cn2)c1. The van der Waals surface area contributed by atoms with Crippen molar-refractivity contribution in [3.8, 4) is 28.3 Å². The Morgan fingerprint density at radius 3 is 2.50 bits per heavy atom. The Bertz CT molecular complexity index is 1760. The van der Waals surface area contributed by atoms with Crippen LogP contribution in [0.5, 0.6) is 0 Å². The normalized spacial score (nSPS) is 11.4. The minimum Gasteiger partial charge on any atom is -0.265 e. The quantitative estimate of drug-likeness (QED) is 0.356. The molecule has 0 bridgehead atoms. The van der Waals surface area contributed by atoms with Gasteiger partial charge in [-0.15, -0.1) is 0 Å². The number of para-hydroxylation sites is 1. The maximum absolute atomic E-state index is 13.5. The van der Waals surface area contributed by atoms with Gasteiger partial charge in [-0.2, -0.15) is 14.9 Å². The second-order valence-electron chi connectivity index (χ2n) is 9.11. The van der Waals surface area contributed by atoms with Crippen LogP contribution in [0, 0.1) is 20.8 Å². The van der Waals surface area contributed by atoms with Crippen molar-refractivity contribution in [2.75, 3.05) is 0 Å². The van der Waals surface area contributed by atoms with E-state index in [1.165, 1.54) is 4.68 Å². The van der Waals surface area contributed by atoms with Gasteiger partial charge in [-0.3, -0.25) is 19.4 Å². The second-order valence-corrected chi connectivity index (χ2v) is 9.11. The van der Waals surface area contributed by atoms with Gasteiger partial charge in [0.25, 0.3) is 0 Å². The molecule has 0 saturated carbocycles. The highest BCUT2D eigenvalue weighted by molar-refractivity contribution is 5.92. The first-order valence-electron chi connectivity index (χ1n) is 11.8. The Morgan fingerprint density at radius 1 is 0.833 bits per heavy atom. The summed E-state index contributed by atoms with van der Waals surface area (Å²) in [6.45, 7) is 6.53. The lowest BCUT2D eigenvalue weighted by Crippen LogP contribution is -2.18. The molecule has 0 fully saturated rings. The molecule has 0 aliphatic carbocycles. The number of nitrogens with zero attached hydrogens (tertiary/aromatic N) is 6. The number of hydrogen-bond donors (Lipinski definition) is 0. The topological polar surface area (TPSA) is 78.5 Å². The Morgan fingerprint density at radius 2 is 1.69 bits per heavy atom. The van der Waals surface area contributed by atoms with E-state index in [1.807, 2.05) is 98.6 Å². The van der Waals surface area contributed by atoms with Crippen LogP contribution >= 0.6 is 0 Å². The summed E-state index contributed by atoms with van der Waals surface area (Å²) in [5.74, 6) is 0. The molecule has 0 unspecified atom stereocenters. The van der Waals surface area contributed by atoms with Crippen molar-refractivity contribution in [1.29, 1.82) is 0 Å². The summed E-state index contributed by atoms with van der Waals surface area (Å²) in [5.41, 5.74) is 8.46. The molecule has 2 aliphatic rings. The van der Waals surface area contributed by atoms with Gasteiger partial charge in [0.15, 0.2) is 5.69 Å². The van der Waals surface area contributed by atoms with Crippen molar-refractivity contribution in [1.82, 2.24) is 29.5 Å². The van der Waals surface area contributed by atoms with Crippen LogP contribution in [-0.2, 0) is 6.54 Å². The van der Waals surface area contributed by atoms with Gasteiger partial charge in [-0.05, 0) is 67.3 Å². The van der Waals surface area contributed by atoms with Crippen LogP contribution in [-0.4, -0.2) is 29.5 Å². The van der Waals surface area contributed by atoms with Gasteiger partial charge >= 0.3 is 5.56 Å². The Hall–Kier alpha value is -4.65. The van der Waals surface area contributed by atoms with E-state index in [4.69, 9.17) is 10.2 Å². The van der Waals surface area contributed by atoms with E-state index in [0.717, 1.165) is 50.1 Å². The van der Waals surface area contributed by atoms with Crippen molar-refractivity contribution >= 4 is 10.9 Å². The van der Waals surface area contributed by atoms with Crippen LogP contribution in [0.25, 0.3) is 39.2 Å². The molecule has 36 heavy (non-hydrogen) atoms. The van der Waals surface area contributed by atoms with Crippen molar-refractivity contribution < 1.29 is 0 Å². The highest BCUT2D eigenvalue weighted by atomic mass is 16.1. The fourth-order valence-corrected chi connectivity index (χ4v) is 4.55. The van der Waals surface area contributed by atoms with Crippen molar-refractivity contribution in [2.24, 2.45) is 0 Å². The molecule has 2 aliphatic heterocycles. The zero-order valence-electron chi connectivity index (χ0n) is 20.3. The predicted octanol–water partition coefficient (Wildman–Crippen LogP) is 5.12. The third-order valence-electron chi connectivity index (χ3n) is 6.61. The fraction of sp³-hybridized carbons (Fsp3) is 0.138. The Labute approximate surface area is 208 Å². The molecule has 0 spiro atoms. The van der Waals surface area contributed by atoms with Crippen LogP contribution in [0.1, 0.15) is 22.3 Å². The van der Waals surface area contributed by atoms with E-state index < -0.39 is 0 Å². The maximum atomic E-state index is 13.5. The number of aryl methyl sites for hydroxylation is 2. The first-order valence-corrected chi connectivity index (χ1v) is 11.8. The molecule has 176 valence electrons. The Kier molecular flexibility index (Phi) is 5.18. The molecule has 0 atom stereocenters. The molecular formula is C29H24N6O. The summed E-state index contributed by atoms with van der Waals surface area (Å²) in [6, 6.07) is 19.9. The summed E-state index contributed by atoms with van der Waals surface area (Å²) >= 11 is 0. The number of aromatic nitrogens is 6. The maximum Gasteiger partial charge on any atom is 0.301 e. The number of rotatable bonds is 4. The molecule has 7 heteroatoms. The summed E-state index contributed by atoms with van der Waals surface area (Å²) in [6.07, 6.45) is 5.49. The zero-order valence-corrected chi connectivity index (χ0v) is 20.3. The van der Waals surface area contributed by atoms with Crippen LogP contribution in [0.15, 0.2) is 84.0 Å². The lowest BCUT2D eigenvalue weighted by atomic mass is 10.1. The van der Waals surface area contributed by atoms with Gasteiger partial charge in [0, 0.05) is 29.5 Å². The third kappa shape index (κ3) is 3.65. The monoisotopic (exact) mass is 472 g/mol. The van der Waals surface area contributed by atoms with Gasteiger partial charge in [0.1, 0.15) is 5.69 Å². The van der Waals surface area contributed by atoms with E-state index in [0.29, 0.717) is 17.9 Å². The van der Waals surface area contributed by atoms with E-state index in [2.05, 4.69) is 16.0 Å². The van der Waals surface area contributed by atoms with E-state index in [-0.39, 0.29) is 5.56 Å². The molecule has 0 N–H and O–H groups in total. The van der Waals surface area contributed by atoms with Crippen LogP contribution in [0.2, 0.25) is 0 Å². The van der Waals surface area contributed by atoms with E-state index in [9.17, 15) is 4.79 Å². The second kappa shape index (κ2) is 8.53. The number of hydrogen-bond acceptors (Lipinski definition) is 5. The first-order chi connectivity index (χ1) is 17.5. The average Bonchev–Trinajstić information content (AvgIpc) is 3.22. The fourth-order valence-electron chi connectivity index (χ4n) is 4.55. The largest absolute Gasteiger partial charge is 0.301 e. The summed E-state index contributed by atoms with van der Waals surface area (Å²) in [5, 5.41) is 10.4. The lowest BCUT2D eigenvalue weighted by molar-refractivity contribution is 0.697. The van der Waals surface area contributed by atoms with Crippen molar-refractivity contribution in [2.45, 2.75) is 27.3 Å².